The summed E-state index contributed by atoms with van der Waals surface area (Å²) in [5.74, 6) is -2.93. The largest absolute Gasteiger partial charge is 0.461 e. The monoisotopic (exact) mass is 531 g/mol. The van der Waals surface area contributed by atoms with E-state index in [4.69, 9.17) is 10.5 Å². The van der Waals surface area contributed by atoms with Gasteiger partial charge in [0.25, 0.3) is 5.91 Å². The second-order valence-electron chi connectivity index (χ2n) is 9.73. The molecule has 0 bridgehead atoms. The van der Waals surface area contributed by atoms with Crippen LogP contribution in [0.15, 0.2) is 54.6 Å². The van der Waals surface area contributed by atoms with Gasteiger partial charge >= 0.3 is 5.97 Å². The number of nitrogen functional groups attached to an aromatic ring is 1. The summed E-state index contributed by atoms with van der Waals surface area (Å²) in [4.78, 5) is 37.8. The lowest BCUT2D eigenvalue weighted by Crippen LogP contribution is -2.27. The molecule has 0 saturated carbocycles. The predicted octanol–water partition coefficient (Wildman–Crippen LogP) is 4.31. The van der Waals surface area contributed by atoms with Gasteiger partial charge in [-0.3, -0.25) is 9.59 Å². The average Bonchev–Trinajstić information content (AvgIpc) is 3.35. The number of rotatable bonds is 7. The number of esters is 1. The summed E-state index contributed by atoms with van der Waals surface area (Å²) in [6.07, 6.45) is 0.159. The first-order valence-corrected chi connectivity index (χ1v) is 12.4. The fourth-order valence-corrected chi connectivity index (χ4v) is 4.62. The molecule has 1 aromatic heterocycles. The highest BCUT2D eigenvalue weighted by Gasteiger charge is 2.27. The van der Waals surface area contributed by atoms with Crippen LogP contribution in [0.1, 0.15) is 33.6 Å². The van der Waals surface area contributed by atoms with Crippen LogP contribution in [0.3, 0.4) is 0 Å². The second-order valence-corrected chi connectivity index (χ2v) is 9.73. The summed E-state index contributed by atoms with van der Waals surface area (Å²) in [7, 11) is 3.67. The minimum Gasteiger partial charge on any atom is -0.461 e. The van der Waals surface area contributed by atoms with Crippen LogP contribution in [0.25, 0.3) is 22.0 Å². The van der Waals surface area contributed by atoms with Crippen molar-refractivity contribution in [2.75, 3.05) is 26.4 Å². The minimum atomic E-state index is -1.06. The van der Waals surface area contributed by atoms with Crippen LogP contribution in [0, 0.1) is 11.6 Å². The number of carbonyl (C=O) groups excluding carboxylic acids is 2. The Morgan fingerprint density at radius 3 is 2.38 bits per heavy atom. The van der Waals surface area contributed by atoms with Crippen LogP contribution in [0.5, 0.6) is 0 Å². The maximum atomic E-state index is 14.4. The maximum absolute atomic E-state index is 14.4. The van der Waals surface area contributed by atoms with Gasteiger partial charge in [0, 0.05) is 30.6 Å². The number of anilines is 1. The van der Waals surface area contributed by atoms with Crippen LogP contribution >= 0.6 is 0 Å². The van der Waals surface area contributed by atoms with E-state index in [9.17, 15) is 18.4 Å². The van der Waals surface area contributed by atoms with Gasteiger partial charge < -0.3 is 20.3 Å². The molecule has 2 heterocycles. The van der Waals surface area contributed by atoms with E-state index in [2.05, 4.69) is 9.97 Å². The molecule has 3 aromatic carbocycles. The van der Waals surface area contributed by atoms with E-state index in [1.54, 1.807) is 23.1 Å². The van der Waals surface area contributed by atoms with Crippen molar-refractivity contribution in [2.45, 2.75) is 26.1 Å². The number of fused-ring (bicyclic) bond motifs is 2. The third-order valence-corrected chi connectivity index (χ3v) is 6.65. The van der Waals surface area contributed by atoms with Crippen molar-refractivity contribution in [2.24, 2.45) is 0 Å². The van der Waals surface area contributed by atoms with E-state index in [1.807, 2.05) is 43.3 Å². The number of ether oxygens (including phenoxy) is 1. The molecule has 8 nitrogen and oxygen atoms in total. The van der Waals surface area contributed by atoms with Crippen LogP contribution in [-0.4, -0.2) is 52.3 Å². The van der Waals surface area contributed by atoms with E-state index in [1.165, 1.54) is 0 Å². The van der Waals surface area contributed by atoms with Gasteiger partial charge in [0.1, 0.15) is 12.3 Å². The van der Waals surface area contributed by atoms with Crippen molar-refractivity contribution in [3.8, 4) is 11.1 Å². The number of carbonyl (C=O) groups is 2. The average molecular weight is 532 g/mol. The first kappa shape index (κ1) is 26.2. The Labute approximate surface area is 224 Å². The second kappa shape index (κ2) is 10.7. The van der Waals surface area contributed by atoms with Gasteiger partial charge in [-0.05, 0) is 60.6 Å². The summed E-state index contributed by atoms with van der Waals surface area (Å²) in [6, 6.07) is 14.8. The zero-order valence-electron chi connectivity index (χ0n) is 21.6. The van der Waals surface area contributed by atoms with E-state index in [-0.39, 0.29) is 36.1 Å². The van der Waals surface area contributed by atoms with Crippen molar-refractivity contribution in [3.05, 3.63) is 88.6 Å². The molecule has 0 saturated heterocycles. The van der Waals surface area contributed by atoms with Gasteiger partial charge in [0.05, 0.1) is 11.9 Å². The molecule has 1 aliphatic rings. The quantitative estimate of drug-likeness (QED) is 0.355. The normalized spacial score (nSPS) is 12.7. The Bertz CT molecular complexity index is 1570. The smallest absolute Gasteiger partial charge is 0.307 e. The summed E-state index contributed by atoms with van der Waals surface area (Å²) in [5, 5.41) is 0.418. The summed E-state index contributed by atoms with van der Waals surface area (Å²) in [5.41, 5.74) is 9.68. The SMILES string of the molecule is CN(C)CCC(=O)OCc1cc(F)c(F)cc1-c1ccc2nc(N)nc(C(=O)N3Cc4ccccc4C3)c2c1. The number of halogens is 2. The lowest BCUT2D eigenvalue weighted by molar-refractivity contribution is -0.145. The number of benzene rings is 3. The van der Waals surface area contributed by atoms with Crippen molar-refractivity contribution in [1.82, 2.24) is 19.8 Å². The van der Waals surface area contributed by atoms with Crippen molar-refractivity contribution in [3.63, 3.8) is 0 Å². The number of hydrogen-bond donors (Lipinski definition) is 1. The zero-order valence-corrected chi connectivity index (χ0v) is 21.6. The van der Waals surface area contributed by atoms with Crippen molar-refractivity contribution >= 4 is 28.7 Å². The lowest BCUT2D eigenvalue weighted by Gasteiger charge is -2.17. The Kier molecular flexibility index (Phi) is 7.21. The van der Waals surface area contributed by atoms with Crippen molar-refractivity contribution < 1.29 is 23.1 Å². The van der Waals surface area contributed by atoms with Crippen LogP contribution in [-0.2, 0) is 29.2 Å². The highest BCUT2D eigenvalue weighted by Crippen LogP contribution is 2.32. The van der Waals surface area contributed by atoms with Crippen molar-refractivity contribution in [1.29, 1.82) is 0 Å². The van der Waals surface area contributed by atoms with Crippen LogP contribution in [0.4, 0.5) is 14.7 Å². The molecule has 200 valence electrons. The van der Waals surface area contributed by atoms with Gasteiger partial charge in [-0.1, -0.05) is 30.3 Å². The zero-order chi connectivity index (χ0) is 27.7. The Balaban J connectivity index is 1.50. The van der Waals surface area contributed by atoms with E-state index in [0.29, 0.717) is 41.7 Å². The molecule has 39 heavy (non-hydrogen) atoms. The molecule has 1 amide bonds. The standard InChI is InChI=1S/C29H27F2N5O3/c1-35(2)10-9-26(37)39-16-20-12-23(30)24(31)13-21(20)17-7-8-25-22(11-17)27(34-29(32)33-25)28(38)36-14-18-5-3-4-6-19(18)15-36/h3-8,11-13H,9-10,14-16H2,1-2H3,(H2,32,33,34). The number of amides is 1. The molecular weight excluding hydrogens is 504 g/mol. The summed E-state index contributed by atoms with van der Waals surface area (Å²) >= 11 is 0. The molecule has 0 aliphatic carbocycles. The Morgan fingerprint density at radius 2 is 1.69 bits per heavy atom. The van der Waals surface area contributed by atoms with Crippen LogP contribution in [0.2, 0.25) is 0 Å². The number of hydrogen-bond acceptors (Lipinski definition) is 7. The lowest BCUT2D eigenvalue weighted by atomic mass is 9.97. The third-order valence-electron chi connectivity index (χ3n) is 6.65. The molecule has 2 N–H and O–H groups in total. The van der Waals surface area contributed by atoms with Crippen LogP contribution < -0.4 is 5.73 Å². The first-order valence-electron chi connectivity index (χ1n) is 12.4. The maximum Gasteiger partial charge on any atom is 0.307 e. The molecule has 10 heteroatoms. The Hall–Kier alpha value is -4.44. The van der Waals surface area contributed by atoms with E-state index < -0.39 is 17.6 Å². The fraction of sp³-hybridized carbons (Fsp3) is 0.241. The highest BCUT2D eigenvalue weighted by atomic mass is 19.2. The highest BCUT2D eigenvalue weighted by molar-refractivity contribution is 6.06. The molecule has 5 rings (SSSR count). The molecule has 0 radical (unpaired) electrons. The van der Waals surface area contributed by atoms with Gasteiger partial charge in [-0.15, -0.1) is 0 Å². The number of nitrogens with two attached hydrogens (primary N) is 1. The Morgan fingerprint density at radius 1 is 1.00 bits per heavy atom. The topological polar surface area (TPSA) is 102 Å². The molecular formula is C29H27F2N5O3. The molecule has 1 aliphatic heterocycles. The van der Waals surface area contributed by atoms with E-state index in [0.717, 1.165) is 23.3 Å². The molecule has 4 aromatic rings. The molecule has 0 atom stereocenters. The van der Waals surface area contributed by atoms with E-state index >= 15 is 0 Å². The third kappa shape index (κ3) is 5.56. The van der Waals surface area contributed by atoms with Gasteiger partial charge in [-0.25, -0.2) is 18.7 Å². The molecule has 0 spiro atoms. The molecule has 0 fully saturated rings. The summed E-state index contributed by atoms with van der Waals surface area (Å²) in [6.45, 7) is 1.13. The molecule has 0 unspecified atom stereocenters. The number of nitrogens with zero attached hydrogens (tertiary/aromatic N) is 4. The van der Waals surface area contributed by atoms with Gasteiger partial charge in [-0.2, -0.15) is 0 Å². The van der Waals surface area contributed by atoms with Gasteiger partial charge in [0.15, 0.2) is 11.6 Å². The predicted molar refractivity (Wildman–Crippen MR) is 142 cm³/mol. The first-order chi connectivity index (χ1) is 18.7. The minimum absolute atomic E-state index is 0.0477. The van der Waals surface area contributed by atoms with Gasteiger partial charge in [0.2, 0.25) is 5.95 Å². The fourth-order valence-electron chi connectivity index (χ4n) is 4.62. The number of aromatic nitrogens is 2. The summed E-state index contributed by atoms with van der Waals surface area (Å²) < 4.78 is 33.9.